The molecule has 0 atom stereocenters. The average molecular weight is 314 g/mol. The minimum absolute atomic E-state index is 0.183. The summed E-state index contributed by atoms with van der Waals surface area (Å²) >= 11 is 1.56. The zero-order valence-electron chi connectivity index (χ0n) is 11.2. The molecule has 110 valence electrons. The van der Waals surface area contributed by atoms with E-state index < -0.39 is 10.0 Å². The normalized spacial score (nSPS) is 11.9. The van der Waals surface area contributed by atoms with Crippen molar-refractivity contribution in [2.45, 2.75) is 31.3 Å². The average Bonchev–Trinajstić information content (AvgIpc) is 3.03. The molecule has 0 unspecified atom stereocenters. The van der Waals surface area contributed by atoms with Gasteiger partial charge in [0.05, 0.1) is 6.20 Å². The molecular formula is C12H18N4O2S2. The zero-order valence-corrected chi connectivity index (χ0v) is 12.9. The molecule has 2 heterocycles. The molecule has 2 aromatic heterocycles. The Morgan fingerprint density at radius 2 is 2.25 bits per heavy atom. The van der Waals surface area contributed by atoms with Crippen LogP contribution >= 0.6 is 11.3 Å². The van der Waals surface area contributed by atoms with Crippen LogP contribution < -0.4 is 10.5 Å². The number of nitrogens with one attached hydrogen (secondary N) is 1. The van der Waals surface area contributed by atoms with Gasteiger partial charge in [-0.2, -0.15) is 16.4 Å². The monoisotopic (exact) mass is 314 g/mol. The van der Waals surface area contributed by atoms with Crippen LogP contribution in [0.3, 0.4) is 0 Å². The Bertz CT molecular complexity index is 661. The molecule has 0 saturated carbocycles. The smallest absolute Gasteiger partial charge is 0.243 e. The maximum Gasteiger partial charge on any atom is 0.243 e. The molecule has 2 aromatic rings. The maximum atomic E-state index is 12.1. The van der Waals surface area contributed by atoms with Crippen molar-refractivity contribution in [3.05, 3.63) is 34.3 Å². The lowest BCUT2D eigenvalue weighted by Crippen LogP contribution is -2.23. The van der Waals surface area contributed by atoms with Crippen LogP contribution in [-0.2, 0) is 23.1 Å². The molecule has 0 spiro atoms. The zero-order chi connectivity index (χ0) is 14.6. The van der Waals surface area contributed by atoms with Crippen molar-refractivity contribution in [1.82, 2.24) is 14.5 Å². The molecule has 0 bridgehead atoms. The topological polar surface area (TPSA) is 90.0 Å². The SMILES string of the molecule is Cc1cscc1CNS(=O)(=O)c1cnn(CCCN)c1. The molecule has 0 aliphatic heterocycles. The van der Waals surface area contributed by atoms with Gasteiger partial charge in [-0.15, -0.1) is 0 Å². The Labute approximate surface area is 122 Å². The number of hydrogen-bond donors (Lipinski definition) is 2. The third-order valence-corrected chi connectivity index (χ3v) is 5.19. The Kier molecular flexibility index (Phi) is 4.92. The molecule has 0 fully saturated rings. The molecule has 6 nitrogen and oxygen atoms in total. The second kappa shape index (κ2) is 6.49. The molecule has 0 saturated heterocycles. The highest BCUT2D eigenvalue weighted by Crippen LogP contribution is 2.15. The van der Waals surface area contributed by atoms with Crippen molar-refractivity contribution < 1.29 is 8.42 Å². The van der Waals surface area contributed by atoms with Crippen molar-refractivity contribution in [2.24, 2.45) is 5.73 Å². The van der Waals surface area contributed by atoms with E-state index in [4.69, 9.17) is 5.73 Å². The van der Waals surface area contributed by atoms with Crippen LogP contribution in [0.4, 0.5) is 0 Å². The van der Waals surface area contributed by atoms with Crippen molar-refractivity contribution in [3.63, 3.8) is 0 Å². The van der Waals surface area contributed by atoms with Gasteiger partial charge < -0.3 is 5.73 Å². The summed E-state index contributed by atoms with van der Waals surface area (Å²) in [4.78, 5) is 0.183. The van der Waals surface area contributed by atoms with Crippen molar-refractivity contribution in [2.75, 3.05) is 6.54 Å². The molecule has 0 aliphatic carbocycles. The van der Waals surface area contributed by atoms with E-state index in [0.717, 1.165) is 17.5 Å². The van der Waals surface area contributed by atoms with Crippen LogP contribution in [0.1, 0.15) is 17.5 Å². The van der Waals surface area contributed by atoms with Gasteiger partial charge in [0.1, 0.15) is 4.90 Å². The van der Waals surface area contributed by atoms with E-state index in [9.17, 15) is 8.42 Å². The van der Waals surface area contributed by atoms with E-state index in [1.807, 2.05) is 17.7 Å². The van der Waals surface area contributed by atoms with E-state index in [0.29, 0.717) is 19.6 Å². The summed E-state index contributed by atoms with van der Waals surface area (Å²) in [5.74, 6) is 0. The molecule has 2 rings (SSSR count). The van der Waals surface area contributed by atoms with Crippen LogP contribution in [0.15, 0.2) is 28.0 Å². The lowest BCUT2D eigenvalue weighted by molar-refractivity contribution is 0.576. The van der Waals surface area contributed by atoms with Gasteiger partial charge in [0.2, 0.25) is 10.0 Å². The number of aryl methyl sites for hydroxylation is 2. The lowest BCUT2D eigenvalue weighted by atomic mass is 10.2. The number of nitrogens with two attached hydrogens (primary N) is 1. The summed E-state index contributed by atoms with van der Waals surface area (Å²) in [5.41, 5.74) is 7.50. The minimum Gasteiger partial charge on any atom is -0.330 e. The van der Waals surface area contributed by atoms with E-state index in [1.165, 1.54) is 12.4 Å². The first kappa shape index (κ1) is 15.2. The van der Waals surface area contributed by atoms with Crippen LogP contribution in [-0.4, -0.2) is 24.7 Å². The standard InChI is InChI=1S/C12H18N4O2S2/c1-10-8-19-9-11(10)5-15-20(17,18)12-6-14-16(7-12)4-2-3-13/h6-9,15H,2-5,13H2,1H3. The van der Waals surface area contributed by atoms with Gasteiger partial charge >= 0.3 is 0 Å². The largest absolute Gasteiger partial charge is 0.330 e. The highest BCUT2D eigenvalue weighted by Gasteiger charge is 2.16. The van der Waals surface area contributed by atoms with Gasteiger partial charge in [0.25, 0.3) is 0 Å². The number of rotatable bonds is 7. The quantitative estimate of drug-likeness (QED) is 0.800. The third-order valence-electron chi connectivity index (χ3n) is 2.93. The van der Waals surface area contributed by atoms with E-state index >= 15 is 0 Å². The van der Waals surface area contributed by atoms with Gasteiger partial charge in [-0.3, -0.25) is 4.68 Å². The number of thiophene rings is 1. The van der Waals surface area contributed by atoms with Crippen molar-refractivity contribution in [1.29, 1.82) is 0 Å². The predicted molar refractivity (Wildman–Crippen MR) is 79.0 cm³/mol. The summed E-state index contributed by atoms with van der Waals surface area (Å²) in [6.07, 6.45) is 3.65. The highest BCUT2D eigenvalue weighted by molar-refractivity contribution is 7.89. The molecule has 0 radical (unpaired) electrons. The highest BCUT2D eigenvalue weighted by atomic mass is 32.2. The van der Waals surface area contributed by atoms with Crippen LogP contribution in [0, 0.1) is 6.92 Å². The molecular weight excluding hydrogens is 296 g/mol. The van der Waals surface area contributed by atoms with E-state index in [1.54, 1.807) is 16.0 Å². The third kappa shape index (κ3) is 3.66. The van der Waals surface area contributed by atoms with E-state index in [-0.39, 0.29) is 4.90 Å². The molecule has 8 heteroatoms. The van der Waals surface area contributed by atoms with Gasteiger partial charge in [0.15, 0.2) is 0 Å². The first-order chi connectivity index (χ1) is 9.53. The van der Waals surface area contributed by atoms with Crippen LogP contribution in [0.5, 0.6) is 0 Å². The second-order valence-electron chi connectivity index (χ2n) is 4.49. The number of nitrogens with zero attached hydrogens (tertiary/aromatic N) is 2. The number of sulfonamides is 1. The molecule has 0 amide bonds. The summed E-state index contributed by atoms with van der Waals surface area (Å²) in [5, 5.41) is 7.97. The van der Waals surface area contributed by atoms with Gasteiger partial charge in [0, 0.05) is 19.3 Å². The van der Waals surface area contributed by atoms with Crippen LogP contribution in [0.2, 0.25) is 0 Å². The molecule has 3 N–H and O–H groups in total. The Balaban J connectivity index is 2.03. The molecule has 0 aromatic carbocycles. The van der Waals surface area contributed by atoms with Crippen molar-refractivity contribution in [3.8, 4) is 0 Å². The van der Waals surface area contributed by atoms with Crippen LogP contribution in [0.25, 0.3) is 0 Å². The Morgan fingerprint density at radius 3 is 2.90 bits per heavy atom. The minimum atomic E-state index is -3.52. The maximum absolute atomic E-state index is 12.1. The van der Waals surface area contributed by atoms with Crippen molar-refractivity contribution >= 4 is 21.4 Å². The molecule has 20 heavy (non-hydrogen) atoms. The summed E-state index contributed by atoms with van der Waals surface area (Å²) < 4.78 is 28.5. The predicted octanol–water partition coefficient (Wildman–Crippen LogP) is 1.08. The lowest BCUT2D eigenvalue weighted by Gasteiger charge is -2.04. The fraction of sp³-hybridized carbons (Fsp3) is 0.417. The van der Waals surface area contributed by atoms with E-state index in [2.05, 4.69) is 9.82 Å². The fourth-order valence-electron chi connectivity index (χ4n) is 1.68. The first-order valence-electron chi connectivity index (χ1n) is 6.27. The Morgan fingerprint density at radius 1 is 1.45 bits per heavy atom. The number of aromatic nitrogens is 2. The fourth-order valence-corrected chi connectivity index (χ4v) is 3.50. The summed E-state index contributed by atoms with van der Waals surface area (Å²) in [6.45, 7) is 3.43. The number of hydrogen-bond acceptors (Lipinski definition) is 5. The molecule has 0 aliphatic rings. The van der Waals surface area contributed by atoms with Gasteiger partial charge in [-0.25, -0.2) is 13.1 Å². The summed E-state index contributed by atoms with van der Waals surface area (Å²) in [7, 11) is -3.52. The van der Waals surface area contributed by atoms with Gasteiger partial charge in [-0.1, -0.05) is 0 Å². The summed E-state index contributed by atoms with van der Waals surface area (Å²) in [6, 6.07) is 0. The van der Waals surface area contributed by atoms with Gasteiger partial charge in [-0.05, 0) is 41.8 Å². The second-order valence-corrected chi connectivity index (χ2v) is 7.00. The first-order valence-corrected chi connectivity index (χ1v) is 8.69. The Hall–Kier alpha value is -1.22.